The van der Waals surface area contributed by atoms with Crippen LogP contribution in [-0.2, 0) is 0 Å². The summed E-state index contributed by atoms with van der Waals surface area (Å²) in [6.07, 6.45) is -2.32. The molecule has 0 saturated carbocycles. The van der Waals surface area contributed by atoms with Crippen molar-refractivity contribution < 1.29 is 31.9 Å². The summed E-state index contributed by atoms with van der Waals surface area (Å²) in [7, 11) is 0. The molecule has 0 aliphatic heterocycles. The first-order chi connectivity index (χ1) is 18.0. The Bertz CT molecular complexity index is 1480. The third kappa shape index (κ3) is 6.62. The topological polar surface area (TPSA) is 111 Å². The highest BCUT2D eigenvalue weighted by atomic mass is 35.5. The summed E-state index contributed by atoms with van der Waals surface area (Å²) in [5.41, 5.74) is 0.434. The third-order valence-corrected chi connectivity index (χ3v) is 5.22. The molecule has 38 heavy (non-hydrogen) atoms. The summed E-state index contributed by atoms with van der Waals surface area (Å²) in [5, 5.41) is 9.27. The Morgan fingerprint density at radius 3 is 2.45 bits per heavy atom. The van der Waals surface area contributed by atoms with Crippen LogP contribution in [0.5, 0.6) is 5.75 Å². The molecule has 2 amide bonds. The number of ether oxygens (including phenoxy) is 1. The minimum atomic E-state index is -4.96. The monoisotopic (exact) mass is 548 g/mol. The van der Waals surface area contributed by atoms with E-state index in [1.54, 1.807) is 6.92 Å². The number of pyridine rings is 1. The first-order valence-corrected chi connectivity index (χ1v) is 11.2. The SMILES string of the molecule is C[C@H](NC(=O)c1cc(Cl)cc(OC(F)(F)F)c1)c1ncnn1-c1cc(NC(=O)c2ccc(F)cc2)ccn1. The highest BCUT2D eigenvalue weighted by molar-refractivity contribution is 6.31. The Morgan fingerprint density at radius 2 is 1.74 bits per heavy atom. The third-order valence-electron chi connectivity index (χ3n) is 5.00. The van der Waals surface area contributed by atoms with Gasteiger partial charge in [-0.25, -0.2) is 14.4 Å². The lowest BCUT2D eigenvalue weighted by Crippen LogP contribution is -2.29. The normalized spacial score (nSPS) is 12.1. The molecule has 2 aromatic carbocycles. The molecular weight excluding hydrogens is 532 g/mol. The van der Waals surface area contributed by atoms with Crippen LogP contribution in [0.1, 0.15) is 39.5 Å². The van der Waals surface area contributed by atoms with Crippen molar-refractivity contribution in [3.05, 3.63) is 94.9 Å². The fourth-order valence-corrected chi connectivity index (χ4v) is 3.59. The van der Waals surface area contributed by atoms with Crippen LogP contribution in [-0.4, -0.2) is 37.9 Å². The van der Waals surface area contributed by atoms with Gasteiger partial charge in [-0.1, -0.05) is 11.6 Å². The van der Waals surface area contributed by atoms with Crippen LogP contribution in [0, 0.1) is 5.82 Å². The zero-order valence-electron chi connectivity index (χ0n) is 19.3. The van der Waals surface area contributed by atoms with Crippen molar-refractivity contribution in [1.29, 1.82) is 0 Å². The smallest absolute Gasteiger partial charge is 0.406 e. The van der Waals surface area contributed by atoms with Crippen LogP contribution in [0.3, 0.4) is 0 Å². The zero-order chi connectivity index (χ0) is 27.4. The standard InChI is InChI=1S/C24H17ClF4N6O3/c1-13(33-23(37)15-8-16(25)10-19(9-15)38-24(27,28)29)21-31-12-32-35(21)20-11-18(6-7-30-20)34-22(36)14-2-4-17(26)5-3-14/h2-13H,1H3,(H,33,37)(H,30,34,36)/t13-/m0/s1. The van der Waals surface area contributed by atoms with Gasteiger partial charge in [0.25, 0.3) is 11.8 Å². The van der Waals surface area contributed by atoms with Gasteiger partial charge in [0.2, 0.25) is 0 Å². The fraction of sp³-hybridized carbons (Fsp3) is 0.125. The van der Waals surface area contributed by atoms with Crippen molar-refractivity contribution >= 4 is 29.1 Å². The molecule has 2 aromatic heterocycles. The van der Waals surface area contributed by atoms with E-state index in [2.05, 4.69) is 30.4 Å². The van der Waals surface area contributed by atoms with E-state index in [0.717, 1.165) is 24.3 Å². The van der Waals surface area contributed by atoms with Crippen molar-refractivity contribution in [3.63, 3.8) is 0 Å². The Balaban J connectivity index is 1.50. The maximum Gasteiger partial charge on any atom is 0.573 e. The first-order valence-electron chi connectivity index (χ1n) is 10.8. The second-order valence-corrected chi connectivity index (χ2v) is 8.25. The number of nitrogens with zero attached hydrogens (tertiary/aromatic N) is 4. The lowest BCUT2D eigenvalue weighted by molar-refractivity contribution is -0.274. The van der Waals surface area contributed by atoms with Crippen molar-refractivity contribution in [2.75, 3.05) is 5.32 Å². The number of rotatable bonds is 7. The highest BCUT2D eigenvalue weighted by Crippen LogP contribution is 2.27. The molecule has 0 saturated heterocycles. The average Bonchev–Trinajstić information content (AvgIpc) is 3.33. The molecule has 9 nitrogen and oxygen atoms in total. The number of alkyl halides is 3. The number of benzene rings is 2. The van der Waals surface area contributed by atoms with Crippen LogP contribution in [0.15, 0.2) is 67.1 Å². The maximum absolute atomic E-state index is 13.1. The van der Waals surface area contributed by atoms with Gasteiger partial charge in [0.1, 0.15) is 17.9 Å². The van der Waals surface area contributed by atoms with E-state index < -0.39 is 35.8 Å². The molecule has 0 spiro atoms. The number of amides is 2. The van der Waals surface area contributed by atoms with Crippen LogP contribution in [0.2, 0.25) is 5.02 Å². The molecule has 14 heteroatoms. The summed E-state index contributed by atoms with van der Waals surface area (Å²) >= 11 is 5.85. The molecule has 0 radical (unpaired) electrons. The zero-order valence-corrected chi connectivity index (χ0v) is 20.1. The Labute approximate surface area is 217 Å². The molecular formula is C24H17ClF4N6O3. The van der Waals surface area contributed by atoms with E-state index in [1.807, 2.05) is 0 Å². The quantitative estimate of drug-likeness (QED) is 0.311. The van der Waals surface area contributed by atoms with E-state index >= 15 is 0 Å². The highest BCUT2D eigenvalue weighted by Gasteiger charge is 2.31. The number of carbonyl (C=O) groups excluding carboxylic acids is 2. The number of halogens is 5. The van der Waals surface area contributed by atoms with E-state index in [0.29, 0.717) is 5.69 Å². The largest absolute Gasteiger partial charge is 0.573 e. The van der Waals surface area contributed by atoms with E-state index in [9.17, 15) is 27.2 Å². The molecule has 196 valence electrons. The molecule has 4 rings (SSSR count). The number of hydrogen-bond donors (Lipinski definition) is 2. The second kappa shape index (κ2) is 10.8. The molecule has 2 N–H and O–H groups in total. The van der Waals surface area contributed by atoms with Crippen LogP contribution < -0.4 is 15.4 Å². The summed E-state index contributed by atoms with van der Waals surface area (Å²) in [4.78, 5) is 33.6. The molecule has 0 bridgehead atoms. The number of anilines is 1. The number of hydrogen-bond acceptors (Lipinski definition) is 6. The summed E-state index contributed by atoms with van der Waals surface area (Å²) < 4.78 is 56.0. The number of aromatic nitrogens is 4. The predicted molar refractivity (Wildman–Crippen MR) is 128 cm³/mol. The van der Waals surface area contributed by atoms with Gasteiger partial charge in [0, 0.05) is 34.1 Å². The molecule has 0 unspecified atom stereocenters. The molecule has 0 aliphatic carbocycles. The Morgan fingerprint density at radius 1 is 1.00 bits per heavy atom. The lowest BCUT2D eigenvalue weighted by atomic mass is 10.2. The van der Waals surface area contributed by atoms with Gasteiger partial charge in [-0.3, -0.25) is 9.59 Å². The first kappa shape index (κ1) is 26.5. The van der Waals surface area contributed by atoms with Gasteiger partial charge in [0.15, 0.2) is 11.6 Å². The Hall–Kier alpha value is -4.52. The summed E-state index contributed by atoms with van der Waals surface area (Å²) in [5.74, 6) is -1.85. The van der Waals surface area contributed by atoms with Gasteiger partial charge >= 0.3 is 6.36 Å². The van der Waals surface area contributed by atoms with Crippen molar-refractivity contribution in [2.45, 2.75) is 19.3 Å². The van der Waals surface area contributed by atoms with Gasteiger partial charge in [0.05, 0.1) is 6.04 Å². The molecule has 2 heterocycles. The van der Waals surface area contributed by atoms with Gasteiger partial charge < -0.3 is 15.4 Å². The molecule has 0 fully saturated rings. The van der Waals surface area contributed by atoms with E-state index in [-0.39, 0.29) is 27.8 Å². The van der Waals surface area contributed by atoms with E-state index in [4.69, 9.17) is 11.6 Å². The fourth-order valence-electron chi connectivity index (χ4n) is 3.37. The minimum Gasteiger partial charge on any atom is -0.406 e. The minimum absolute atomic E-state index is 0.128. The van der Waals surface area contributed by atoms with Gasteiger partial charge in [-0.15, -0.1) is 13.2 Å². The van der Waals surface area contributed by atoms with Crippen molar-refractivity contribution in [1.82, 2.24) is 25.1 Å². The van der Waals surface area contributed by atoms with Crippen LogP contribution in [0.25, 0.3) is 5.82 Å². The molecule has 0 aliphatic rings. The average molecular weight is 549 g/mol. The maximum atomic E-state index is 13.1. The second-order valence-electron chi connectivity index (χ2n) is 7.81. The van der Waals surface area contributed by atoms with Crippen LogP contribution in [0.4, 0.5) is 23.2 Å². The predicted octanol–water partition coefficient (Wildman–Crippen LogP) is 5.10. The van der Waals surface area contributed by atoms with Crippen molar-refractivity contribution in [2.24, 2.45) is 0 Å². The van der Waals surface area contributed by atoms with Gasteiger partial charge in [-0.2, -0.15) is 9.78 Å². The molecule has 4 aromatic rings. The summed E-state index contributed by atoms with van der Waals surface area (Å²) in [6, 6.07) is 10.3. The number of carbonyl (C=O) groups is 2. The lowest BCUT2D eigenvalue weighted by Gasteiger charge is -2.16. The van der Waals surface area contributed by atoms with E-state index in [1.165, 1.54) is 47.5 Å². The summed E-state index contributed by atoms with van der Waals surface area (Å²) in [6.45, 7) is 1.58. The number of nitrogens with one attached hydrogen (secondary N) is 2. The van der Waals surface area contributed by atoms with Gasteiger partial charge in [-0.05, 0) is 55.5 Å². The Kier molecular flexibility index (Phi) is 7.57. The molecule has 1 atom stereocenters. The van der Waals surface area contributed by atoms with Crippen molar-refractivity contribution in [3.8, 4) is 11.6 Å². The van der Waals surface area contributed by atoms with Crippen LogP contribution >= 0.6 is 11.6 Å².